The van der Waals surface area contributed by atoms with Gasteiger partial charge in [0.2, 0.25) is 5.91 Å². The number of hydrogen-bond acceptors (Lipinski definition) is 2. The van der Waals surface area contributed by atoms with Crippen LogP contribution in [-0.2, 0) is 11.2 Å². The van der Waals surface area contributed by atoms with Gasteiger partial charge in [-0.25, -0.2) is 0 Å². The molecule has 1 aliphatic rings. The van der Waals surface area contributed by atoms with E-state index in [2.05, 4.69) is 10.6 Å². The third-order valence-electron chi connectivity index (χ3n) is 4.36. The number of rotatable bonds is 2. The zero-order valence-electron chi connectivity index (χ0n) is 13.0. The largest absolute Gasteiger partial charge is 0.340 e. The van der Waals surface area contributed by atoms with E-state index in [0.717, 1.165) is 22.0 Å². The van der Waals surface area contributed by atoms with Gasteiger partial charge in [0.25, 0.3) is 5.91 Å². The Balaban J connectivity index is 1.65. The van der Waals surface area contributed by atoms with Crippen LogP contribution in [0, 0.1) is 0 Å². The Bertz CT molecular complexity index is 935. The van der Waals surface area contributed by atoms with Gasteiger partial charge in [0, 0.05) is 17.7 Å². The lowest BCUT2D eigenvalue weighted by Gasteiger charge is -2.26. The van der Waals surface area contributed by atoms with Crippen molar-refractivity contribution in [1.82, 2.24) is 5.32 Å². The Hall–Kier alpha value is -3.14. The third kappa shape index (κ3) is 2.52. The summed E-state index contributed by atoms with van der Waals surface area (Å²) in [6.45, 7) is 0. The van der Waals surface area contributed by atoms with Crippen LogP contribution in [0.5, 0.6) is 0 Å². The fraction of sp³-hybridized carbons (Fsp3) is 0.100. The van der Waals surface area contributed by atoms with Crippen LogP contribution >= 0.6 is 0 Å². The van der Waals surface area contributed by atoms with Crippen LogP contribution in [-0.4, -0.2) is 17.9 Å². The van der Waals surface area contributed by atoms with Crippen LogP contribution in [0.1, 0.15) is 15.9 Å². The molecule has 0 fully saturated rings. The minimum absolute atomic E-state index is 0.179. The van der Waals surface area contributed by atoms with Crippen LogP contribution in [0.4, 0.5) is 5.69 Å². The molecule has 118 valence electrons. The number of anilines is 1. The van der Waals surface area contributed by atoms with Gasteiger partial charge in [-0.15, -0.1) is 0 Å². The summed E-state index contributed by atoms with van der Waals surface area (Å²) in [5.41, 5.74) is 2.43. The van der Waals surface area contributed by atoms with Gasteiger partial charge in [-0.3, -0.25) is 9.59 Å². The molecule has 0 bridgehead atoms. The average Bonchev–Trinajstić information content (AvgIpc) is 2.63. The Kier molecular flexibility index (Phi) is 3.50. The van der Waals surface area contributed by atoms with E-state index in [0.29, 0.717) is 12.0 Å². The Morgan fingerprint density at radius 2 is 1.71 bits per heavy atom. The first kappa shape index (κ1) is 14.5. The van der Waals surface area contributed by atoms with Crippen molar-refractivity contribution in [1.29, 1.82) is 0 Å². The minimum atomic E-state index is -0.573. The molecular formula is C20H16N2O2. The molecule has 2 amide bonds. The van der Waals surface area contributed by atoms with Gasteiger partial charge in [0.15, 0.2) is 0 Å². The first-order valence-corrected chi connectivity index (χ1v) is 7.90. The first-order chi connectivity index (χ1) is 11.7. The summed E-state index contributed by atoms with van der Waals surface area (Å²) in [6, 6.07) is 20.3. The summed E-state index contributed by atoms with van der Waals surface area (Å²) in [7, 11) is 0. The van der Waals surface area contributed by atoms with Crippen LogP contribution in [0.3, 0.4) is 0 Å². The summed E-state index contributed by atoms with van der Waals surface area (Å²) < 4.78 is 0. The van der Waals surface area contributed by atoms with E-state index < -0.39 is 6.04 Å². The van der Waals surface area contributed by atoms with Crippen LogP contribution in [0.15, 0.2) is 66.7 Å². The highest BCUT2D eigenvalue weighted by atomic mass is 16.2. The molecule has 1 unspecified atom stereocenters. The molecule has 1 atom stereocenters. The van der Waals surface area contributed by atoms with Crippen molar-refractivity contribution in [3.8, 4) is 0 Å². The quantitative estimate of drug-likeness (QED) is 0.763. The van der Waals surface area contributed by atoms with Gasteiger partial charge < -0.3 is 10.6 Å². The second-order valence-corrected chi connectivity index (χ2v) is 5.90. The fourth-order valence-corrected chi connectivity index (χ4v) is 3.14. The monoisotopic (exact) mass is 316 g/mol. The maximum Gasteiger partial charge on any atom is 0.251 e. The number of benzene rings is 3. The molecule has 0 spiro atoms. The zero-order valence-corrected chi connectivity index (χ0v) is 13.0. The predicted octanol–water partition coefficient (Wildman–Crippen LogP) is 3.13. The number of hydrogen-bond donors (Lipinski definition) is 2. The maximum atomic E-state index is 12.3. The van der Waals surface area contributed by atoms with Crippen molar-refractivity contribution in [2.45, 2.75) is 12.5 Å². The maximum absolute atomic E-state index is 12.3. The Labute approximate surface area is 139 Å². The molecular weight excluding hydrogens is 300 g/mol. The summed E-state index contributed by atoms with van der Waals surface area (Å²) >= 11 is 0. The van der Waals surface area contributed by atoms with Crippen LogP contribution < -0.4 is 10.6 Å². The van der Waals surface area contributed by atoms with E-state index in [-0.39, 0.29) is 11.8 Å². The summed E-state index contributed by atoms with van der Waals surface area (Å²) in [5.74, 6) is -0.415. The lowest BCUT2D eigenvalue weighted by molar-refractivity contribution is -0.118. The highest BCUT2D eigenvalue weighted by molar-refractivity contribution is 6.05. The molecule has 0 aromatic heterocycles. The molecule has 3 aromatic rings. The third-order valence-corrected chi connectivity index (χ3v) is 4.36. The number of carbonyl (C=O) groups excluding carboxylic acids is 2. The second-order valence-electron chi connectivity index (χ2n) is 5.90. The Morgan fingerprint density at radius 1 is 0.958 bits per heavy atom. The Morgan fingerprint density at radius 3 is 2.54 bits per heavy atom. The van der Waals surface area contributed by atoms with E-state index in [4.69, 9.17) is 0 Å². The van der Waals surface area contributed by atoms with Gasteiger partial charge in [-0.1, -0.05) is 48.5 Å². The van der Waals surface area contributed by atoms with Crippen LogP contribution in [0.25, 0.3) is 10.8 Å². The van der Waals surface area contributed by atoms with Gasteiger partial charge in [-0.05, 0) is 34.5 Å². The normalized spacial score (nSPS) is 16.3. The standard InChI is InChI=1S/C20H16N2O2/c23-19(14-7-2-1-3-8-14)22-18-12-16-15-9-5-4-6-13(15)10-11-17(16)21-20(18)24/h1-11,18H,12H2,(H,21,24)(H,22,23). The van der Waals surface area contributed by atoms with E-state index >= 15 is 0 Å². The molecule has 1 aliphatic heterocycles. The molecule has 0 saturated carbocycles. The van der Waals surface area contributed by atoms with Crippen molar-refractivity contribution in [2.24, 2.45) is 0 Å². The molecule has 2 N–H and O–H groups in total. The van der Waals surface area contributed by atoms with E-state index in [1.165, 1.54) is 0 Å². The number of amides is 2. The highest BCUT2D eigenvalue weighted by Crippen LogP contribution is 2.30. The van der Waals surface area contributed by atoms with Crippen molar-refractivity contribution >= 4 is 28.3 Å². The lowest BCUT2D eigenvalue weighted by Crippen LogP contribution is -2.47. The number of nitrogens with one attached hydrogen (secondary N) is 2. The molecule has 24 heavy (non-hydrogen) atoms. The van der Waals surface area contributed by atoms with Gasteiger partial charge in [0.05, 0.1) is 0 Å². The molecule has 0 radical (unpaired) electrons. The van der Waals surface area contributed by atoms with Crippen molar-refractivity contribution in [2.75, 3.05) is 5.32 Å². The van der Waals surface area contributed by atoms with E-state index in [1.807, 2.05) is 42.5 Å². The second kappa shape index (κ2) is 5.81. The smallest absolute Gasteiger partial charge is 0.251 e. The summed E-state index contributed by atoms with van der Waals surface area (Å²) in [4.78, 5) is 24.7. The highest BCUT2D eigenvalue weighted by Gasteiger charge is 2.28. The predicted molar refractivity (Wildman–Crippen MR) is 94.0 cm³/mol. The first-order valence-electron chi connectivity index (χ1n) is 7.90. The molecule has 4 rings (SSSR count). The molecule has 3 aromatic carbocycles. The molecule has 0 saturated heterocycles. The van der Waals surface area contributed by atoms with Gasteiger partial charge in [0.1, 0.15) is 6.04 Å². The van der Waals surface area contributed by atoms with E-state index in [1.54, 1.807) is 24.3 Å². The van der Waals surface area contributed by atoms with Gasteiger partial charge >= 0.3 is 0 Å². The summed E-state index contributed by atoms with van der Waals surface area (Å²) in [5, 5.41) is 7.98. The summed E-state index contributed by atoms with van der Waals surface area (Å²) in [6.07, 6.45) is 0.487. The van der Waals surface area contributed by atoms with Crippen molar-refractivity contribution < 1.29 is 9.59 Å². The molecule has 4 heteroatoms. The molecule has 0 aliphatic carbocycles. The number of fused-ring (bicyclic) bond motifs is 3. The van der Waals surface area contributed by atoms with Crippen molar-refractivity contribution in [3.05, 3.63) is 77.9 Å². The lowest BCUT2D eigenvalue weighted by atomic mass is 9.93. The SMILES string of the molecule is O=C(NC1Cc2c(ccc3ccccc23)NC1=O)c1ccccc1. The topological polar surface area (TPSA) is 58.2 Å². The van der Waals surface area contributed by atoms with Crippen LogP contribution in [0.2, 0.25) is 0 Å². The molecule has 4 nitrogen and oxygen atoms in total. The molecule has 1 heterocycles. The van der Waals surface area contributed by atoms with E-state index in [9.17, 15) is 9.59 Å². The average molecular weight is 316 g/mol. The van der Waals surface area contributed by atoms with Gasteiger partial charge in [-0.2, -0.15) is 0 Å². The number of carbonyl (C=O) groups is 2. The fourth-order valence-electron chi connectivity index (χ4n) is 3.14. The minimum Gasteiger partial charge on any atom is -0.340 e. The van der Waals surface area contributed by atoms with Crippen molar-refractivity contribution in [3.63, 3.8) is 0 Å². The zero-order chi connectivity index (χ0) is 16.5.